The zero-order chi connectivity index (χ0) is 20.0. The third kappa shape index (κ3) is 6.13. The second-order valence-electron chi connectivity index (χ2n) is 6.79. The van der Waals surface area contributed by atoms with Crippen molar-refractivity contribution in [2.24, 2.45) is 0 Å². The van der Waals surface area contributed by atoms with Crippen LogP contribution >= 0.6 is 15.9 Å². The van der Waals surface area contributed by atoms with Crippen LogP contribution in [0.25, 0.3) is 0 Å². The SMILES string of the molecule is O=C(CCN1CCN(S(=O)(=O)Cc2ccccc2)CC1)Nc1ccc(Br)cc1. The number of amides is 1. The van der Waals surface area contributed by atoms with Gasteiger partial charge in [-0.15, -0.1) is 0 Å². The summed E-state index contributed by atoms with van der Waals surface area (Å²) in [5, 5.41) is 2.88. The molecule has 0 atom stereocenters. The maximum atomic E-state index is 12.6. The Morgan fingerprint density at radius 1 is 0.964 bits per heavy atom. The summed E-state index contributed by atoms with van der Waals surface area (Å²) in [7, 11) is -3.31. The Labute approximate surface area is 174 Å². The van der Waals surface area contributed by atoms with Gasteiger partial charge in [0.05, 0.1) is 5.75 Å². The number of carbonyl (C=O) groups excluding carboxylic acids is 1. The summed E-state index contributed by atoms with van der Waals surface area (Å²) in [6.45, 7) is 2.82. The minimum atomic E-state index is -3.31. The predicted octanol–water partition coefficient (Wildman–Crippen LogP) is 2.93. The molecule has 1 fully saturated rings. The highest BCUT2D eigenvalue weighted by Crippen LogP contribution is 2.15. The van der Waals surface area contributed by atoms with Crippen LogP contribution in [-0.4, -0.2) is 56.3 Å². The number of rotatable bonds is 7. The largest absolute Gasteiger partial charge is 0.326 e. The number of carbonyl (C=O) groups is 1. The second kappa shape index (κ2) is 9.65. The van der Waals surface area contributed by atoms with E-state index in [1.165, 1.54) is 0 Å². The minimum absolute atomic E-state index is 0.0312. The van der Waals surface area contributed by atoms with Crippen molar-refractivity contribution in [3.8, 4) is 0 Å². The fourth-order valence-electron chi connectivity index (χ4n) is 3.12. The Hall–Kier alpha value is -1.74. The molecule has 1 aliphatic rings. The Kier molecular flexibility index (Phi) is 7.23. The fourth-order valence-corrected chi connectivity index (χ4v) is 4.90. The lowest BCUT2D eigenvalue weighted by Crippen LogP contribution is -2.49. The summed E-state index contributed by atoms with van der Waals surface area (Å²) in [4.78, 5) is 14.2. The molecule has 0 bridgehead atoms. The molecule has 28 heavy (non-hydrogen) atoms. The monoisotopic (exact) mass is 465 g/mol. The standard InChI is InChI=1S/C20H24BrN3O3S/c21-18-6-8-19(9-7-18)22-20(25)10-11-23-12-14-24(15-13-23)28(26,27)16-17-4-2-1-3-5-17/h1-9H,10-16H2,(H,22,25). The van der Waals surface area contributed by atoms with Crippen molar-refractivity contribution in [2.45, 2.75) is 12.2 Å². The van der Waals surface area contributed by atoms with E-state index in [-0.39, 0.29) is 11.7 Å². The van der Waals surface area contributed by atoms with Crippen molar-refractivity contribution in [2.75, 3.05) is 38.0 Å². The minimum Gasteiger partial charge on any atom is -0.326 e. The molecule has 2 aromatic carbocycles. The predicted molar refractivity (Wildman–Crippen MR) is 114 cm³/mol. The van der Waals surface area contributed by atoms with Gasteiger partial charge < -0.3 is 10.2 Å². The average molecular weight is 466 g/mol. The van der Waals surface area contributed by atoms with E-state index in [4.69, 9.17) is 0 Å². The highest BCUT2D eigenvalue weighted by Gasteiger charge is 2.27. The normalized spacial score (nSPS) is 16.0. The Balaban J connectivity index is 1.42. The van der Waals surface area contributed by atoms with Gasteiger partial charge in [-0.2, -0.15) is 4.31 Å². The number of hydrogen-bond acceptors (Lipinski definition) is 4. The maximum absolute atomic E-state index is 12.6. The fraction of sp³-hybridized carbons (Fsp3) is 0.350. The number of hydrogen-bond donors (Lipinski definition) is 1. The van der Waals surface area contributed by atoms with Crippen LogP contribution in [-0.2, 0) is 20.6 Å². The first kappa shape index (κ1) is 21.0. The number of halogens is 1. The van der Waals surface area contributed by atoms with E-state index in [0.717, 1.165) is 15.7 Å². The number of anilines is 1. The van der Waals surface area contributed by atoms with Gasteiger partial charge in [-0.3, -0.25) is 4.79 Å². The molecule has 1 aliphatic heterocycles. The molecule has 150 valence electrons. The van der Waals surface area contributed by atoms with E-state index in [9.17, 15) is 13.2 Å². The lowest BCUT2D eigenvalue weighted by atomic mass is 10.2. The van der Waals surface area contributed by atoms with Gasteiger partial charge in [0.1, 0.15) is 0 Å². The molecule has 1 heterocycles. The second-order valence-corrected chi connectivity index (χ2v) is 9.67. The van der Waals surface area contributed by atoms with Gasteiger partial charge in [-0.25, -0.2) is 8.42 Å². The molecular formula is C20H24BrN3O3S. The van der Waals surface area contributed by atoms with Crippen molar-refractivity contribution in [1.82, 2.24) is 9.21 Å². The quantitative estimate of drug-likeness (QED) is 0.682. The highest BCUT2D eigenvalue weighted by atomic mass is 79.9. The number of sulfonamides is 1. The number of nitrogens with one attached hydrogen (secondary N) is 1. The molecule has 0 aromatic heterocycles. The first-order valence-corrected chi connectivity index (χ1v) is 11.6. The Bertz CT molecular complexity index is 881. The number of nitrogens with zero attached hydrogens (tertiary/aromatic N) is 2. The van der Waals surface area contributed by atoms with Crippen LogP contribution in [0.4, 0.5) is 5.69 Å². The molecule has 1 saturated heterocycles. The van der Waals surface area contributed by atoms with Crippen molar-refractivity contribution >= 4 is 37.5 Å². The van der Waals surface area contributed by atoms with E-state index in [2.05, 4.69) is 26.1 Å². The van der Waals surface area contributed by atoms with Crippen molar-refractivity contribution in [3.05, 3.63) is 64.6 Å². The molecular weight excluding hydrogens is 442 g/mol. The molecule has 8 heteroatoms. The molecule has 0 saturated carbocycles. The van der Waals surface area contributed by atoms with Gasteiger partial charge in [0.25, 0.3) is 0 Å². The van der Waals surface area contributed by atoms with Crippen LogP contribution in [0.15, 0.2) is 59.1 Å². The molecule has 6 nitrogen and oxygen atoms in total. The van der Waals surface area contributed by atoms with E-state index in [1.54, 1.807) is 4.31 Å². The van der Waals surface area contributed by atoms with E-state index in [1.807, 2.05) is 54.6 Å². The molecule has 1 N–H and O–H groups in total. The van der Waals surface area contributed by atoms with Crippen molar-refractivity contribution < 1.29 is 13.2 Å². The summed E-state index contributed by atoms with van der Waals surface area (Å²) >= 11 is 3.37. The molecule has 0 radical (unpaired) electrons. The van der Waals surface area contributed by atoms with E-state index >= 15 is 0 Å². The first-order valence-electron chi connectivity index (χ1n) is 9.22. The van der Waals surface area contributed by atoms with E-state index < -0.39 is 10.0 Å². The molecule has 3 rings (SSSR count). The first-order chi connectivity index (χ1) is 13.4. The average Bonchev–Trinajstić information content (AvgIpc) is 2.69. The van der Waals surface area contributed by atoms with Crippen molar-refractivity contribution in [1.29, 1.82) is 0 Å². The van der Waals surface area contributed by atoms with Crippen LogP contribution in [0.1, 0.15) is 12.0 Å². The van der Waals surface area contributed by atoms with Crippen LogP contribution in [0.5, 0.6) is 0 Å². The Morgan fingerprint density at radius 3 is 2.25 bits per heavy atom. The van der Waals surface area contributed by atoms with Crippen LogP contribution in [0.3, 0.4) is 0 Å². The van der Waals surface area contributed by atoms with Crippen molar-refractivity contribution in [3.63, 3.8) is 0 Å². The van der Waals surface area contributed by atoms with E-state index in [0.29, 0.717) is 39.1 Å². The summed E-state index contributed by atoms with van der Waals surface area (Å²) in [6, 6.07) is 16.7. The summed E-state index contributed by atoms with van der Waals surface area (Å²) in [5.41, 5.74) is 1.57. The Morgan fingerprint density at radius 2 is 1.61 bits per heavy atom. The molecule has 2 aromatic rings. The zero-order valence-electron chi connectivity index (χ0n) is 15.6. The summed E-state index contributed by atoms with van der Waals surface area (Å²) in [6.07, 6.45) is 0.382. The van der Waals surface area contributed by atoms with Gasteiger partial charge in [-0.1, -0.05) is 46.3 Å². The molecule has 0 unspecified atom stereocenters. The number of benzene rings is 2. The van der Waals surface area contributed by atoms with Gasteiger partial charge in [-0.05, 0) is 29.8 Å². The lowest BCUT2D eigenvalue weighted by Gasteiger charge is -2.33. The summed E-state index contributed by atoms with van der Waals surface area (Å²) in [5.74, 6) is -0.00914. The van der Waals surface area contributed by atoms with Gasteiger partial charge in [0.15, 0.2) is 0 Å². The van der Waals surface area contributed by atoms with Gasteiger partial charge in [0, 0.05) is 49.3 Å². The van der Waals surface area contributed by atoms with Crippen LogP contribution < -0.4 is 5.32 Å². The lowest BCUT2D eigenvalue weighted by molar-refractivity contribution is -0.116. The highest BCUT2D eigenvalue weighted by molar-refractivity contribution is 9.10. The summed E-state index contributed by atoms with van der Waals surface area (Å²) < 4.78 is 27.7. The number of piperazine rings is 1. The molecule has 0 aliphatic carbocycles. The van der Waals surface area contributed by atoms with Crippen LogP contribution in [0, 0.1) is 0 Å². The van der Waals surface area contributed by atoms with Crippen LogP contribution in [0.2, 0.25) is 0 Å². The molecule has 0 spiro atoms. The smallest absolute Gasteiger partial charge is 0.225 e. The zero-order valence-corrected chi connectivity index (χ0v) is 18.0. The third-order valence-electron chi connectivity index (χ3n) is 4.70. The maximum Gasteiger partial charge on any atom is 0.225 e. The van der Waals surface area contributed by atoms with Gasteiger partial charge >= 0.3 is 0 Å². The topological polar surface area (TPSA) is 69.7 Å². The third-order valence-corrected chi connectivity index (χ3v) is 7.08. The molecule has 1 amide bonds. The van der Waals surface area contributed by atoms with Gasteiger partial charge in [0.2, 0.25) is 15.9 Å².